The fourth-order valence-corrected chi connectivity index (χ4v) is 6.70. The Bertz CT molecular complexity index is 1770. The summed E-state index contributed by atoms with van der Waals surface area (Å²) in [5, 5.41) is 8.64. The van der Waals surface area contributed by atoms with E-state index in [0.29, 0.717) is 38.5 Å². The molecule has 0 radical (unpaired) electrons. The summed E-state index contributed by atoms with van der Waals surface area (Å²) in [6.07, 6.45) is 3.51. The van der Waals surface area contributed by atoms with Crippen LogP contribution in [0.5, 0.6) is 5.75 Å². The Hall–Kier alpha value is -4.32. The number of sulfonamides is 1. The van der Waals surface area contributed by atoms with Gasteiger partial charge in [-0.3, -0.25) is 4.90 Å². The number of nitrogens with zero attached hydrogens (tertiary/aromatic N) is 6. The van der Waals surface area contributed by atoms with E-state index in [4.69, 9.17) is 14.7 Å². The molecule has 3 aromatic carbocycles. The number of hydrogen-bond donors (Lipinski definition) is 1. The fourth-order valence-electron chi connectivity index (χ4n) is 5.28. The largest absolute Gasteiger partial charge is 0.496 e. The molecule has 0 saturated carbocycles. The van der Waals surface area contributed by atoms with Gasteiger partial charge in [0.2, 0.25) is 10.0 Å². The molecule has 1 atom stereocenters. The standard InChI is InChI=1S/C31H33N7O3S/c1-23(30-34-28-10-5-4-9-27(28)31(35-30)32-22-24-8-3-6-11-29(24)41-2)36-18-20-37(21-19-36)42(39,40)26-14-12-25(13-15-26)38-17-7-16-33-38/h3-17,23H,18-22H2,1-2H3,(H,32,34,35)/t23-/m0/s1. The van der Waals surface area contributed by atoms with Gasteiger partial charge in [0.25, 0.3) is 0 Å². The van der Waals surface area contributed by atoms with E-state index in [1.165, 1.54) is 0 Å². The molecule has 216 valence electrons. The van der Waals surface area contributed by atoms with E-state index in [2.05, 4.69) is 22.2 Å². The average Bonchev–Trinajstić information content (AvgIpc) is 3.59. The number of benzene rings is 3. The molecule has 11 heteroatoms. The lowest BCUT2D eigenvalue weighted by atomic mass is 10.1. The number of anilines is 1. The Morgan fingerprint density at radius 1 is 0.905 bits per heavy atom. The van der Waals surface area contributed by atoms with Gasteiger partial charge in [0.05, 0.1) is 29.3 Å². The van der Waals surface area contributed by atoms with Crippen LogP contribution in [-0.4, -0.2) is 70.7 Å². The van der Waals surface area contributed by atoms with Crippen LogP contribution in [0, 0.1) is 0 Å². The van der Waals surface area contributed by atoms with Gasteiger partial charge in [-0.1, -0.05) is 30.3 Å². The molecule has 0 unspecified atom stereocenters. The summed E-state index contributed by atoms with van der Waals surface area (Å²) >= 11 is 0. The molecular formula is C31H33N7O3S. The lowest BCUT2D eigenvalue weighted by Gasteiger charge is -2.36. The number of fused-ring (bicyclic) bond motifs is 1. The Morgan fingerprint density at radius 2 is 1.64 bits per heavy atom. The maximum atomic E-state index is 13.4. The van der Waals surface area contributed by atoms with E-state index >= 15 is 0 Å². The molecule has 0 bridgehead atoms. The highest BCUT2D eigenvalue weighted by Crippen LogP contribution is 2.28. The van der Waals surface area contributed by atoms with Gasteiger partial charge in [-0.05, 0) is 55.5 Å². The summed E-state index contributed by atoms with van der Waals surface area (Å²) in [6.45, 7) is 4.56. The zero-order valence-corrected chi connectivity index (χ0v) is 24.4. The summed E-state index contributed by atoms with van der Waals surface area (Å²) in [6, 6.07) is 24.4. The zero-order chi connectivity index (χ0) is 29.1. The van der Waals surface area contributed by atoms with Crippen LogP contribution in [0.1, 0.15) is 24.4 Å². The van der Waals surface area contributed by atoms with Gasteiger partial charge >= 0.3 is 0 Å². The van der Waals surface area contributed by atoms with Gasteiger partial charge < -0.3 is 10.1 Å². The van der Waals surface area contributed by atoms with Gasteiger partial charge in [0, 0.05) is 56.1 Å². The number of aromatic nitrogens is 4. The monoisotopic (exact) mass is 583 g/mol. The zero-order valence-electron chi connectivity index (χ0n) is 23.6. The summed E-state index contributed by atoms with van der Waals surface area (Å²) in [7, 11) is -1.94. The number of piperazine rings is 1. The maximum Gasteiger partial charge on any atom is 0.243 e. The van der Waals surface area contributed by atoms with Gasteiger partial charge in [-0.25, -0.2) is 23.1 Å². The molecule has 10 nitrogen and oxygen atoms in total. The second kappa shape index (κ2) is 11.9. The predicted octanol–water partition coefficient (Wildman–Crippen LogP) is 4.50. The molecule has 5 aromatic rings. The first-order valence-electron chi connectivity index (χ1n) is 13.9. The third kappa shape index (κ3) is 5.58. The van der Waals surface area contributed by atoms with Crippen molar-refractivity contribution in [1.29, 1.82) is 0 Å². The molecular weight excluding hydrogens is 550 g/mol. The molecule has 42 heavy (non-hydrogen) atoms. The van der Waals surface area contributed by atoms with E-state index in [0.717, 1.165) is 33.7 Å². The van der Waals surface area contributed by atoms with E-state index in [-0.39, 0.29) is 10.9 Å². The first-order valence-corrected chi connectivity index (χ1v) is 15.3. The molecule has 0 aliphatic carbocycles. The smallest absolute Gasteiger partial charge is 0.243 e. The number of ether oxygens (including phenoxy) is 1. The van der Waals surface area contributed by atoms with E-state index < -0.39 is 10.0 Å². The molecule has 0 amide bonds. The average molecular weight is 584 g/mol. The minimum atomic E-state index is -3.61. The van der Waals surface area contributed by atoms with Crippen molar-refractivity contribution in [2.45, 2.75) is 24.4 Å². The topological polar surface area (TPSA) is 105 Å². The first kappa shape index (κ1) is 27.8. The molecule has 2 aromatic heterocycles. The number of rotatable bonds is 9. The highest BCUT2D eigenvalue weighted by Gasteiger charge is 2.31. The molecule has 1 fully saturated rings. The Balaban J connectivity index is 1.16. The minimum absolute atomic E-state index is 0.0976. The minimum Gasteiger partial charge on any atom is -0.496 e. The van der Waals surface area contributed by atoms with Gasteiger partial charge in [-0.2, -0.15) is 9.40 Å². The fraction of sp³-hybridized carbons (Fsp3) is 0.258. The van der Waals surface area contributed by atoms with Gasteiger partial charge in [-0.15, -0.1) is 0 Å². The van der Waals surface area contributed by atoms with Crippen molar-refractivity contribution in [3.05, 3.63) is 103 Å². The van der Waals surface area contributed by atoms with Crippen LogP contribution in [0.25, 0.3) is 16.6 Å². The lowest BCUT2D eigenvalue weighted by Crippen LogP contribution is -2.49. The van der Waals surface area contributed by atoms with Crippen molar-refractivity contribution in [2.75, 3.05) is 38.6 Å². The molecule has 3 heterocycles. The Labute approximate surface area is 245 Å². The van der Waals surface area contributed by atoms with E-state index in [9.17, 15) is 8.42 Å². The second-order valence-corrected chi connectivity index (χ2v) is 12.1. The number of methoxy groups -OCH3 is 1. The molecule has 6 rings (SSSR count). The normalized spacial score (nSPS) is 15.5. The number of nitrogens with one attached hydrogen (secondary N) is 1. The SMILES string of the molecule is COc1ccccc1CNc1nc([C@H](C)N2CCN(S(=O)(=O)c3ccc(-n4cccn4)cc3)CC2)nc2ccccc12. The Morgan fingerprint density at radius 3 is 2.38 bits per heavy atom. The summed E-state index contributed by atoms with van der Waals surface area (Å²) in [5.41, 5.74) is 2.70. The van der Waals surface area contributed by atoms with Crippen LogP contribution in [0.2, 0.25) is 0 Å². The van der Waals surface area contributed by atoms with E-state index in [1.807, 2.05) is 60.8 Å². The number of hydrogen-bond acceptors (Lipinski definition) is 8. The van der Waals surface area contributed by atoms with Crippen molar-refractivity contribution in [3.8, 4) is 11.4 Å². The summed E-state index contributed by atoms with van der Waals surface area (Å²) in [5.74, 6) is 2.27. The predicted molar refractivity (Wildman–Crippen MR) is 162 cm³/mol. The molecule has 1 N–H and O–H groups in total. The lowest BCUT2D eigenvalue weighted by molar-refractivity contribution is 0.141. The van der Waals surface area contributed by atoms with Crippen LogP contribution in [0.15, 0.2) is 96.2 Å². The van der Waals surface area contributed by atoms with Crippen LogP contribution in [-0.2, 0) is 16.6 Å². The highest BCUT2D eigenvalue weighted by molar-refractivity contribution is 7.89. The molecule has 1 saturated heterocycles. The second-order valence-electron chi connectivity index (χ2n) is 10.2. The van der Waals surface area contributed by atoms with Gasteiger partial charge in [0.1, 0.15) is 17.4 Å². The van der Waals surface area contributed by atoms with Crippen molar-refractivity contribution in [3.63, 3.8) is 0 Å². The Kier molecular flexibility index (Phi) is 7.88. The van der Waals surface area contributed by atoms with Crippen LogP contribution in [0.3, 0.4) is 0 Å². The third-order valence-electron chi connectivity index (χ3n) is 7.70. The molecule has 1 aliphatic rings. The molecule has 1 aliphatic heterocycles. The van der Waals surface area contributed by atoms with Crippen LogP contribution in [0.4, 0.5) is 5.82 Å². The van der Waals surface area contributed by atoms with Crippen molar-refractivity contribution in [1.82, 2.24) is 29.0 Å². The van der Waals surface area contributed by atoms with Crippen molar-refractivity contribution in [2.24, 2.45) is 0 Å². The van der Waals surface area contributed by atoms with Crippen LogP contribution < -0.4 is 10.1 Å². The summed E-state index contributed by atoms with van der Waals surface area (Å²) < 4.78 is 35.6. The maximum absolute atomic E-state index is 13.4. The van der Waals surface area contributed by atoms with Crippen molar-refractivity contribution < 1.29 is 13.2 Å². The first-order chi connectivity index (χ1) is 20.4. The molecule has 0 spiro atoms. The third-order valence-corrected chi connectivity index (χ3v) is 9.61. The summed E-state index contributed by atoms with van der Waals surface area (Å²) in [4.78, 5) is 12.4. The van der Waals surface area contributed by atoms with E-state index in [1.54, 1.807) is 46.6 Å². The number of para-hydroxylation sites is 2. The highest BCUT2D eigenvalue weighted by atomic mass is 32.2. The quantitative estimate of drug-likeness (QED) is 0.270. The van der Waals surface area contributed by atoms with Gasteiger partial charge in [0.15, 0.2) is 0 Å². The van der Waals surface area contributed by atoms with Crippen LogP contribution >= 0.6 is 0 Å². The van der Waals surface area contributed by atoms with Crippen molar-refractivity contribution >= 4 is 26.7 Å².